The standard InChI is InChI=1S/C22H23FN4S/c1-16(2)13-24-22-27(21(15-28-22)18-7-9-19(23)10-8-18)25-14-17-5-11-20(12-6-17)26(3)4/h5-12,14-15H,1,13H2,2-4H3. The Hall–Kier alpha value is -2.99. The molecule has 0 aliphatic rings. The molecule has 1 heterocycles. The molecule has 0 aliphatic carbocycles. The molecule has 3 aromatic rings. The third-order valence-electron chi connectivity index (χ3n) is 4.04. The van der Waals surface area contributed by atoms with Crippen LogP contribution in [0.1, 0.15) is 12.5 Å². The van der Waals surface area contributed by atoms with Crippen LogP contribution in [0.25, 0.3) is 11.3 Å². The molecule has 0 spiro atoms. The van der Waals surface area contributed by atoms with Crippen molar-refractivity contribution in [1.29, 1.82) is 0 Å². The van der Waals surface area contributed by atoms with E-state index >= 15 is 0 Å². The lowest BCUT2D eigenvalue weighted by Gasteiger charge is -2.11. The molecule has 144 valence electrons. The van der Waals surface area contributed by atoms with Crippen molar-refractivity contribution in [2.24, 2.45) is 10.1 Å². The van der Waals surface area contributed by atoms with Crippen molar-refractivity contribution >= 4 is 23.2 Å². The molecular weight excluding hydrogens is 371 g/mol. The maximum absolute atomic E-state index is 13.3. The van der Waals surface area contributed by atoms with Crippen molar-refractivity contribution < 1.29 is 4.39 Å². The molecule has 0 N–H and O–H groups in total. The van der Waals surface area contributed by atoms with Crippen LogP contribution in [0.2, 0.25) is 0 Å². The van der Waals surface area contributed by atoms with E-state index in [-0.39, 0.29) is 5.82 Å². The molecule has 0 aliphatic heterocycles. The quantitative estimate of drug-likeness (QED) is 0.437. The van der Waals surface area contributed by atoms with E-state index in [9.17, 15) is 4.39 Å². The summed E-state index contributed by atoms with van der Waals surface area (Å²) in [5.74, 6) is -0.262. The number of aromatic nitrogens is 1. The van der Waals surface area contributed by atoms with Crippen molar-refractivity contribution in [3.8, 4) is 11.3 Å². The Morgan fingerprint density at radius 2 is 1.82 bits per heavy atom. The van der Waals surface area contributed by atoms with Crippen molar-refractivity contribution in [3.63, 3.8) is 0 Å². The monoisotopic (exact) mass is 394 g/mol. The highest BCUT2D eigenvalue weighted by Gasteiger charge is 2.07. The van der Waals surface area contributed by atoms with Gasteiger partial charge >= 0.3 is 0 Å². The van der Waals surface area contributed by atoms with Crippen LogP contribution in [0, 0.1) is 5.82 Å². The molecule has 0 fully saturated rings. The summed E-state index contributed by atoms with van der Waals surface area (Å²) in [5, 5.41) is 6.64. The molecule has 6 heteroatoms. The molecule has 28 heavy (non-hydrogen) atoms. The highest BCUT2D eigenvalue weighted by molar-refractivity contribution is 7.07. The molecule has 0 amide bonds. The zero-order chi connectivity index (χ0) is 20.1. The van der Waals surface area contributed by atoms with Crippen LogP contribution < -0.4 is 9.70 Å². The van der Waals surface area contributed by atoms with Gasteiger partial charge in [0.05, 0.1) is 18.5 Å². The van der Waals surface area contributed by atoms with Gasteiger partial charge in [0.25, 0.3) is 0 Å². The van der Waals surface area contributed by atoms with Gasteiger partial charge in [-0.3, -0.25) is 4.99 Å². The molecule has 0 saturated carbocycles. The summed E-state index contributed by atoms with van der Waals surface area (Å²) in [7, 11) is 4.02. The van der Waals surface area contributed by atoms with Crippen LogP contribution in [0.4, 0.5) is 10.1 Å². The van der Waals surface area contributed by atoms with E-state index < -0.39 is 0 Å². The number of hydrogen-bond acceptors (Lipinski definition) is 4. The Bertz CT molecular complexity index is 1040. The number of halogens is 1. The second kappa shape index (κ2) is 8.80. The Labute approximate surface area is 168 Å². The first-order valence-corrected chi connectivity index (χ1v) is 9.75. The molecule has 0 atom stereocenters. The number of nitrogens with zero attached hydrogens (tertiary/aromatic N) is 4. The second-order valence-electron chi connectivity index (χ2n) is 6.73. The molecule has 0 bridgehead atoms. The minimum atomic E-state index is -0.262. The van der Waals surface area contributed by atoms with Crippen LogP contribution >= 0.6 is 11.3 Å². The fourth-order valence-electron chi connectivity index (χ4n) is 2.52. The van der Waals surface area contributed by atoms with Crippen molar-refractivity contribution in [1.82, 2.24) is 4.68 Å². The van der Waals surface area contributed by atoms with Crippen LogP contribution in [0.5, 0.6) is 0 Å². The molecule has 0 radical (unpaired) electrons. The first kappa shape index (κ1) is 19.8. The summed E-state index contributed by atoms with van der Waals surface area (Å²) in [6.07, 6.45) is 1.80. The van der Waals surface area contributed by atoms with Gasteiger partial charge < -0.3 is 4.90 Å². The van der Waals surface area contributed by atoms with Crippen LogP contribution in [-0.4, -0.2) is 31.5 Å². The minimum absolute atomic E-state index is 0.262. The minimum Gasteiger partial charge on any atom is -0.378 e. The Morgan fingerprint density at radius 1 is 1.14 bits per heavy atom. The van der Waals surface area contributed by atoms with Gasteiger partial charge in [0.15, 0.2) is 0 Å². The summed E-state index contributed by atoms with van der Waals surface area (Å²) in [4.78, 5) is 7.42. The summed E-state index contributed by atoms with van der Waals surface area (Å²) in [5.41, 5.74) is 4.84. The average Bonchev–Trinajstić information content (AvgIpc) is 3.08. The lowest BCUT2D eigenvalue weighted by atomic mass is 10.2. The van der Waals surface area contributed by atoms with E-state index in [1.165, 1.54) is 23.5 Å². The maximum atomic E-state index is 13.3. The molecule has 3 rings (SSSR count). The van der Waals surface area contributed by atoms with Gasteiger partial charge in [0.1, 0.15) is 5.82 Å². The van der Waals surface area contributed by atoms with Gasteiger partial charge in [-0.05, 0) is 48.9 Å². The molecule has 0 unspecified atom stereocenters. The second-order valence-corrected chi connectivity index (χ2v) is 7.56. The van der Waals surface area contributed by atoms with E-state index in [1.54, 1.807) is 23.0 Å². The number of thiazole rings is 1. The van der Waals surface area contributed by atoms with E-state index in [0.29, 0.717) is 6.54 Å². The topological polar surface area (TPSA) is 32.9 Å². The number of anilines is 1. The van der Waals surface area contributed by atoms with Crippen molar-refractivity contribution in [2.45, 2.75) is 6.92 Å². The van der Waals surface area contributed by atoms with Crippen LogP contribution in [0.3, 0.4) is 0 Å². The molecule has 1 aromatic heterocycles. The van der Waals surface area contributed by atoms with Gasteiger partial charge in [0.2, 0.25) is 4.80 Å². The van der Waals surface area contributed by atoms with E-state index in [0.717, 1.165) is 32.9 Å². The molecular formula is C22H23FN4S. The first-order valence-electron chi connectivity index (χ1n) is 8.87. The summed E-state index contributed by atoms with van der Waals surface area (Å²) in [6.45, 7) is 6.39. The first-order chi connectivity index (χ1) is 13.4. The van der Waals surface area contributed by atoms with E-state index in [4.69, 9.17) is 0 Å². The summed E-state index contributed by atoms with van der Waals surface area (Å²) in [6, 6.07) is 14.5. The van der Waals surface area contributed by atoms with Crippen molar-refractivity contribution in [2.75, 3.05) is 25.5 Å². The lowest BCUT2D eigenvalue weighted by molar-refractivity contribution is 0.628. The van der Waals surface area contributed by atoms with Gasteiger partial charge in [-0.25, -0.2) is 9.07 Å². The van der Waals surface area contributed by atoms with E-state index in [1.807, 2.05) is 50.7 Å². The lowest BCUT2D eigenvalue weighted by Crippen LogP contribution is -2.13. The summed E-state index contributed by atoms with van der Waals surface area (Å²) >= 11 is 1.50. The maximum Gasteiger partial charge on any atom is 0.206 e. The normalized spacial score (nSPS) is 11.9. The largest absolute Gasteiger partial charge is 0.378 e. The number of rotatable bonds is 6. The Morgan fingerprint density at radius 3 is 2.43 bits per heavy atom. The third kappa shape index (κ3) is 4.84. The van der Waals surface area contributed by atoms with Crippen molar-refractivity contribution in [3.05, 3.63) is 82.2 Å². The SMILES string of the molecule is C=C(C)CN=c1scc(-c2ccc(F)cc2)n1N=Cc1ccc(N(C)C)cc1. The van der Waals surface area contributed by atoms with Gasteiger partial charge in [0, 0.05) is 30.7 Å². The van der Waals surface area contributed by atoms with Crippen LogP contribution in [0.15, 0.2) is 76.2 Å². The number of benzene rings is 2. The highest BCUT2D eigenvalue weighted by atomic mass is 32.1. The molecule has 0 saturated heterocycles. The average molecular weight is 395 g/mol. The van der Waals surface area contributed by atoms with Gasteiger partial charge in [-0.1, -0.05) is 24.3 Å². The predicted octanol–water partition coefficient (Wildman–Crippen LogP) is 4.78. The molecule has 2 aromatic carbocycles. The van der Waals surface area contributed by atoms with Crippen LogP contribution in [-0.2, 0) is 0 Å². The van der Waals surface area contributed by atoms with Gasteiger partial charge in [-0.15, -0.1) is 11.3 Å². The highest BCUT2D eigenvalue weighted by Crippen LogP contribution is 2.20. The van der Waals surface area contributed by atoms with E-state index in [2.05, 4.69) is 21.6 Å². The third-order valence-corrected chi connectivity index (χ3v) is 4.90. The molecule has 4 nitrogen and oxygen atoms in total. The zero-order valence-corrected chi connectivity index (χ0v) is 17.1. The fourth-order valence-corrected chi connectivity index (χ4v) is 3.36. The zero-order valence-electron chi connectivity index (χ0n) is 16.3. The van der Waals surface area contributed by atoms with Gasteiger partial charge in [-0.2, -0.15) is 5.10 Å². The smallest absolute Gasteiger partial charge is 0.206 e. The Kier molecular flexibility index (Phi) is 6.21. The number of hydrogen-bond donors (Lipinski definition) is 0. The fraction of sp³-hybridized carbons (Fsp3) is 0.182. The Balaban J connectivity index is 2.00. The predicted molar refractivity (Wildman–Crippen MR) is 117 cm³/mol. The summed E-state index contributed by atoms with van der Waals surface area (Å²) < 4.78 is 15.1.